The molecule has 0 aliphatic rings. The van der Waals surface area contributed by atoms with Gasteiger partial charge in [-0.05, 0) is 36.2 Å². The Labute approximate surface area is 148 Å². The maximum Gasteiger partial charge on any atom is 0.272 e. The molecule has 3 aromatic rings. The lowest BCUT2D eigenvalue weighted by atomic mass is 10.2. The number of rotatable bonds is 5. The van der Waals surface area contributed by atoms with E-state index in [1.54, 1.807) is 24.2 Å². The van der Waals surface area contributed by atoms with Crippen LogP contribution in [0.3, 0.4) is 0 Å². The summed E-state index contributed by atoms with van der Waals surface area (Å²) in [5.41, 5.74) is 4.53. The molecule has 0 fully saturated rings. The molecule has 2 aromatic carbocycles. The fourth-order valence-electron chi connectivity index (χ4n) is 2.62. The summed E-state index contributed by atoms with van der Waals surface area (Å²) in [5.74, 6) is -0.0997. The zero-order valence-electron chi connectivity index (χ0n) is 14.4. The van der Waals surface area contributed by atoms with Crippen LogP contribution in [-0.4, -0.2) is 22.8 Å². The normalized spacial score (nSPS) is 10.3. The van der Waals surface area contributed by atoms with Crippen LogP contribution in [0.4, 0.5) is 11.4 Å². The minimum Gasteiger partial charge on any atom is -0.355 e. The summed E-state index contributed by atoms with van der Waals surface area (Å²) in [4.78, 5) is 18.6. The van der Waals surface area contributed by atoms with Gasteiger partial charge in [0.25, 0.3) is 5.91 Å². The molecule has 3 rings (SSSR count). The van der Waals surface area contributed by atoms with Crippen molar-refractivity contribution in [3.8, 4) is 0 Å². The van der Waals surface area contributed by atoms with Gasteiger partial charge in [-0.25, -0.2) is 0 Å². The van der Waals surface area contributed by atoms with Crippen LogP contribution in [-0.2, 0) is 6.54 Å². The van der Waals surface area contributed by atoms with Crippen molar-refractivity contribution in [2.45, 2.75) is 13.5 Å². The van der Waals surface area contributed by atoms with Gasteiger partial charge in [0.1, 0.15) is 5.69 Å². The number of anilines is 2. The molecule has 1 heterocycles. The summed E-state index contributed by atoms with van der Waals surface area (Å²) in [6.07, 6.45) is 1.66. The molecule has 0 saturated heterocycles. The first kappa shape index (κ1) is 16.7. The predicted molar refractivity (Wildman–Crippen MR) is 101 cm³/mol. The molecule has 0 bridgehead atoms. The zero-order valence-corrected chi connectivity index (χ0v) is 14.4. The number of carbonyl (C=O) groups is 1. The van der Waals surface area contributed by atoms with Crippen LogP contribution in [0.1, 0.15) is 21.6 Å². The first-order valence-corrected chi connectivity index (χ1v) is 8.21. The summed E-state index contributed by atoms with van der Waals surface area (Å²) in [6.45, 7) is 2.60. The number of para-hydroxylation sites is 1. The van der Waals surface area contributed by atoms with E-state index in [0.717, 1.165) is 22.5 Å². The van der Waals surface area contributed by atoms with Crippen molar-refractivity contribution in [3.05, 3.63) is 89.7 Å². The molecule has 0 aliphatic heterocycles. The number of aryl methyl sites for hydroxylation is 1. The van der Waals surface area contributed by atoms with E-state index < -0.39 is 0 Å². The lowest BCUT2D eigenvalue weighted by Gasteiger charge is -2.17. The van der Waals surface area contributed by atoms with E-state index in [2.05, 4.69) is 10.3 Å². The Kier molecular flexibility index (Phi) is 5.09. The fourth-order valence-corrected chi connectivity index (χ4v) is 2.62. The highest BCUT2D eigenvalue weighted by Crippen LogP contribution is 2.20. The van der Waals surface area contributed by atoms with Gasteiger partial charge in [0.2, 0.25) is 0 Å². The van der Waals surface area contributed by atoms with Gasteiger partial charge in [-0.1, -0.05) is 48.5 Å². The van der Waals surface area contributed by atoms with E-state index in [-0.39, 0.29) is 5.91 Å². The van der Waals surface area contributed by atoms with E-state index in [4.69, 9.17) is 0 Å². The highest BCUT2D eigenvalue weighted by Gasteiger charge is 2.14. The smallest absolute Gasteiger partial charge is 0.272 e. The molecule has 1 amide bonds. The van der Waals surface area contributed by atoms with E-state index >= 15 is 0 Å². The highest BCUT2D eigenvalue weighted by molar-refractivity contribution is 5.93. The van der Waals surface area contributed by atoms with Crippen molar-refractivity contribution in [1.29, 1.82) is 0 Å². The average molecular weight is 331 g/mol. The second-order valence-corrected chi connectivity index (χ2v) is 6.02. The number of pyridine rings is 1. The molecule has 0 atom stereocenters. The fraction of sp³-hybridized carbons (Fsp3) is 0.143. The van der Waals surface area contributed by atoms with Gasteiger partial charge < -0.3 is 10.2 Å². The summed E-state index contributed by atoms with van der Waals surface area (Å²) < 4.78 is 0. The largest absolute Gasteiger partial charge is 0.355 e. The van der Waals surface area contributed by atoms with Crippen LogP contribution in [0.2, 0.25) is 0 Å². The standard InChI is InChI=1S/C21H21N3O/c1-16-8-6-7-11-19(16)23-18-12-13-22-20(14-18)21(25)24(2)15-17-9-4-3-5-10-17/h3-14H,15H2,1-2H3,(H,22,23). The third-order valence-electron chi connectivity index (χ3n) is 4.01. The van der Waals surface area contributed by atoms with Gasteiger partial charge in [0.05, 0.1) is 0 Å². The molecule has 0 aliphatic carbocycles. The quantitative estimate of drug-likeness (QED) is 0.753. The number of benzene rings is 2. The average Bonchev–Trinajstić information content (AvgIpc) is 2.64. The van der Waals surface area contributed by atoms with Crippen LogP contribution in [0, 0.1) is 6.92 Å². The highest BCUT2D eigenvalue weighted by atomic mass is 16.2. The number of nitrogens with zero attached hydrogens (tertiary/aromatic N) is 2. The second kappa shape index (κ2) is 7.62. The number of aromatic nitrogens is 1. The SMILES string of the molecule is Cc1ccccc1Nc1ccnc(C(=O)N(C)Cc2ccccc2)c1. The lowest BCUT2D eigenvalue weighted by molar-refractivity contribution is 0.0779. The minimum atomic E-state index is -0.0997. The second-order valence-electron chi connectivity index (χ2n) is 6.02. The molecule has 0 saturated carbocycles. The van der Waals surface area contributed by atoms with Crippen LogP contribution < -0.4 is 5.32 Å². The van der Waals surface area contributed by atoms with E-state index in [0.29, 0.717) is 12.2 Å². The maximum atomic E-state index is 12.7. The van der Waals surface area contributed by atoms with Gasteiger partial charge in [-0.15, -0.1) is 0 Å². The first-order valence-electron chi connectivity index (χ1n) is 8.21. The van der Waals surface area contributed by atoms with Crippen LogP contribution >= 0.6 is 0 Å². The van der Waals surface area contributed by atoms with Crippen molar-refractivity contribution in [1.82, 2.24) is 9.88 Å². The van der Waals surface area contributed by atoms with Crippen LogP contribution in [0.15, 0.2) is 72.9 Å². The molecule has 25 heavy (non-hydrogen) atoms. The molecule has 1 N–H and O–H groups in total. The van der Waals surface area contributed by atoms with Gasteiger partial charge in [-0.2, -0.15) is 0 Å². The Morgan fingerprint density at radius 1 is 1.04 bits per heavy atom. The Hall–Kier alpha value is -3.14. The van der Waals surface area contributed by atoms with E-state index in [1.165, 1.54) is 0 Å². The first-order chi connectivity index (χ1) is 12.1. The predicted octanol–water partition coefficient (Wildman–Crippen LogP) is 4.41. The Morgan fingerprint density at radius 3 is 2.52 bits per heavy atom. The molecule has 1 aromatic heterocycles. The topological polar surface area (TPSA) is 45.2 Å². The monoisotopic (exact) mass is 331 g/mol. The van der Waals surface area contributed by atoms with Crippen LogP contribution in [0.5, 0.6) is 0 Å². The third kappa shape index (κ3) is 4.23. The summed E-state index contributed by atoms with van der Waals surface area (Å²) in [7, 11) is 1.79. The molecule has 0 unspecified atom stereocenters. The van der Waals surface area contributed by atoms with Gasteiger partial charge >= 0.3 is 0 Å². The van der Waals surface area contributed by atoms with Gasteiger partial charge in [0, 0.05) is 31.2 Å². The van der Waals surface area contributed by atoms with E-state index in [9.17, 15) is 4.79 Å². The molecule has 126 valence electrons. The van der Waals surface area contributed by atoms with Crippen molar-refractivity contribution < 1.29 is 4.79 Å². The number of hydrogen-bond donors (Lipinski definition) is 1. The Morgan fingerprint density at radius 2 is 1.76 bits per heavy atom. The van der Waals surface area contributed by atoms with Crippen molar-refractivity contribution in [3.63, 3.8) is 0 Å². The Bertz CT molecular complexity index is 862. The Balaban J connectivity index is 1.74. The number of carbonyl (C=O) groups excluding carboxylic acids is 1. The zero-order chi connectivity index (χ0) is 17.6. The summed E-state index contributed by atoms with van der Waals surface area (Å²) >= 11 is 0. The summed E-state index contributed by atoms with van der Waals surface area (Å²) in [6, 6.07) is 21.6. The van der Waals surface area contributed by atoms with E-state index in [1.807, 2.05) is 67.6 Å². The molecule has 0 radical (unpaired) electrons. The lowest BCUT2D eigenvalue weighted by Crippen LogP contribution is -2.27. The molecular weight excluding hydrogens is 310 g/mol. The summed E-state index contributed by atoms with van der Waals surface area (Å²) in [5, 5.41) is 3.35. The number of amides is 1. The van der Waals surface area contributed by atoms with Crippen LogP contribution in [0.25, 0.3) is 0 Å². The number of nitrogens with one attached hydrogen (secondary N) is 1. The number of hydrogen-bond acceptors (Lipinski definition) is 3. The van der Waals surface area contributed by atoms with Crippen molar-refractivity contribution >= 4 is 17.3 Å². The van der Waals surface area contributed by atoms with Crippen molar-refractivity contribution in [2.24, 2.45) is 0 Å². The van der Waals surface area contributed by atoms with Crippen molar-refractivity contribution in [2.75, 3.05) is 12.4 Å². The molecule has 0 spiro atoms. The molecular formula is C21H21N3O. The maximum absolute atomic E-state index is 12.7. The molecule has 4 nitrogen and oxygen atoms in total. The molecule has 4 heteroatoms. The van der Waals surface area contributed by atoms with Gasteiger partial charge in [0.15, 0.2) is 0 Å². The minimum absolute atomic E-state index is 0.0997. The third-order valence-corrected chi connectivity index (χ3v) is 4.01. The van der Waals surface area contributed by atoms with Gasteiger partial charge in [-0.3, -0.25) is 9.78 Å².